The predicted molar refractivity (Wildman–Crippen MR) is 111 cm³/mol. The highest BCUT2D eigenvalue weighted by atomic mass is 19.1. The highest BCUT2D eigenvalue weighted by molar-refractivity contribution is 5.79. The molecule has 0 aromatic heterocycles. The molecule has 27 heavy (non-hydrogen) atoms. The summed E-state index contributed by atoms with van der Waals surface area (Å²) in [5, 5.41) is 6.73. The van der Waals surface area contributed by atoms with Crippen LogP contribution in [0.15, 0.2) is 23.2 Å². The van der Waals surface area contributed by atoms with Gasteiger partial charge in [-0.3, -0.25) is 4.99 Å². The van der Waals surface area contributed by atoms with Gasteiger partial charge in [0, 0.05) is 46.9 Å². The van der Waals surface area contributed by atoms with Crippen molar-refractivity contribution in [3.05, 3.63) is 29.6 Å². The average molecular weight is 379 g/mol. The Kier molecular flexibility index (Phi) is 8.35. The van der Waals surface area contributed by atoms with Crippen molar-refractivity contribution in [2.45, 2.75) is 46.1 Å². The van der Waals surface area contributed by atoms with Crippen LogP contribution >= 0.6 is 0 Å². The topological polar surface area (TPSA) is 48.9 Å². The van der Waals surface area contributed by atoms with E-state index in [9.17, 15) is 4.39 Å². The molecule has 0 bridgehead atoms. The van der Waals surface area contributed by atoms with Gasteiger partial charge in [0.05, 0.1) is 5.69 Å². The molecule has 1 aliphatic rings. The maximum absolute atomic E-state index is 14.4. The molecule has 1 aromatic rings. The van der Waals surface area contributed by atoms with Gasteiger partial charge in [-0.05, 0) is 56.2 Å². The minimum Gasteiger partial charge on any atom is -0.385 e. The van der Waals surface area contributed by atoms with Crippen molar-refractivity contribution in [3.8, 4) is 0 Å². The third-order valence-corrected chi connectivity index (χ3v) is 5.68. The number of guanidine groups is 1. The number of hydrogen-bond acceptors (Lipinski definition) is 3. The number of hydrogen-bond donors (Lipinski definition) is 2. The number of anilines is 1. The zero-order chi connectivity index (χ0) is 19.7. The summed E-state index contributed by atoms with van der Waals surface area (Å²) in [6, 6.07) is 5.45. The van der Waals surface area contributed by atoms with Crippen molar-refractivity contribution in [1.82, 2.24) is 10.6 Å². The molecule has 1 aliphatic carbocycles. The van der Waals surface area contributed by atoms with Gasteiger partial charge in [-0.15, -0.1) is 0 Å². The van der Waals surface area contributed by atoms with Gasteiger partial charge >= 0.3 is 0 Å². The van der Waals surface area contributed by atoms with Crippen LogP contribution in [0.3, 0.4) is 0 Å². The number of halogens is 1. The lowest BCUT2D eigenvalue weighted by molar-refractivity contribution is 0.0732. The Labute approximate surface area is 163 Å². The van der Waals surface area contributed by atoms with E-state index in [2.05, 4.69) is 15.6 Å². The molecule has 2 N–H and O–H groups in total. The zero-order valence-corrected chi connectivity index (χ0v) is 17.3. The molecule has 152 valence electrons. The summed E-state index contributed by atoms with van der Waals surface area (Å²) in [6.07, 6.45) is 4.83. The normalized spacial score (nSPS) is 16.0. The molecule has 0 atom stereocenters. The first kappa shape index (κ1) is 21.5. The van der Waals surface area contributed by atoms with Crippen molar-refractivity contribution < 1.29 is 9.13 Å². The Balaban J connectivity index is 1.87. The van der Waals surface area contributed by atoms with Gasteiger partial charge < -0.3 is 20.3 Å². The van der Waals surface area contributed by atoms with Crippen molar-refractivity contribution in [2.24, 2.45) is 10.4 Å². The largest absolute Gasteiger partial charge is 0.385 e. The second-order valence-electron chi connectivity index (χ2n) is 7.33. The van der Waals surface area contributed by atoms with Crippen LogP contribution in [0.1, 0.15) is 45.1 Å². The number of benzene rings is 1. The number of nitrogens with zero attached hydrogens (tertiary/aromatic N) is 2. The molecular weight excluding hydrogens is 343 g/mol. The van der Waals surface area contributed by atoms with Crippen LogP contribution in [-0.4, -0.2) is 46.4 Å². The molecule has 0 aliphatic heterocycles. The van der Waals surface area contributed by atoms with Gasteiger partial charge in [0.1, 0.15) is 5.82 Å². The number of nitrogens with one attached hydrogen (secondary N) is 2. The van der Waals surface area contributed by atoms with E-state index in [-0.39, 0.29) is 5.82 Å². The Morgan fingerprint density at radius 2 is 2.00 bits per heavy atom. The number of aliphatic imine (C=N–C) groups is 1. The molecule has 6 heteroatoms. The van der Waals surface area contributed by atoms with Crippen molar-refractivity contribution in [1.29, 1.82) is 0 Å². The van der Waals surface area contributed by atoms with Crippen LogP contribution in [0.2, 0.25) is 0 Å². The fourth-order valence-electron chi connectivity index (χ4n) is 3.67. The predicted octanol–water partition coefficient (Wildman–Crippen LogP) is 3.54. The minimum absolute atomic E-state index is 0.172. The summed E-state index contributed by atoms with van der Waals surface area (Å²) in [4.78, 5) is 6.32. The maximum atomic E-state index is 14.4. The monoisotopic (exact) mass is 378 g/mol. The van der Waals surface area contributed by atoms with Crippen molar-refractivity contribution >= 4 is 11.6 Å². The molecule has 1 aromatic carbocycles. The van der Waals surface area contributed by atoms with Gasteiger partial charge in [-0.25, -0.2) is 4.39 Å². The third kappa shape index (κ3) is 5.83. The lowest BCUT2D eigenvalue weighted by Gasteiger charge is -2.42. The number of rotatable bonds is 10. The first-order valence-electron chi connectivity index (χ1n) is 10.0. The van der Waals surface area contributed by atoms with Crippen molar-refractivity contribution in [2.75, 3.05) is 45.3 Å². The lowest BCUT2D eigenvalue weighted by Crippen LogP contribution is -2.46. The summed E-state index contributed by atoms with van der Waals surface area (Å²) < 4.78 is 19.7. The first-order chi connectivity index (χ1) is 13.1. The lowest BCUT2D eigenvalue weighted by atomic mass is 9.67. The summed E-state index contributed by atoms with van der Waals surface area (Å²) in [5.74, 6) is 0.584. The summed E-state index contributed by atoms with van der Waals surface area (Å²) >= 11 is 0. The highest BCUT2D eigenvalue weighted by Crippen LogP contribution is 2.43. The van der Waals surface area contributed by atoms with Gasteiger partial charge in [0.25, 0.3) is 0 Å². The fraction of sp³-hybridized carbons (Fsp3) is 0.667. The Hall–Kier alpha value is -1.82. The molecular formula is C21H35FN4O. The smallest absolute Gasteiger partial charge is 0.191 e. The summed E-state index contributed by atoms with van der Waals surface area (Å²) in [7, 11) is 3.52. The molecule has 0 heterocycles. The maximum Gasteiger partial charge on any atom is 0.191 e. The highest BCUT2D eigenvalue weighted by Gasteiger charge is 2.36. The molecule has 2 rings (SSSR count). The van der Waals surface area contributed by atoms with Crippen LogP contribution < -0.4 is 15.5 Å². The molecule has 1 fully saturated rings. The van der Waals surface area contributed by atoms with Gasteiger partial charge in [0.15, 0.2) is 5.96 Å². The molecule has 0 spiro atoms. The van der Waals surface area contributed by atoms with Gasteiger partial charge in [-0.1, -0.05) is 12.5 Å². The van der Waals surface area contributed by atoms with Crippen molar-refractivity contribution in [3.63, 3.8) is 0 Å². The fourth-order valence-corrected chi connectivity index (χ4v) is 3.67. The van der Waals surface area contributed by atoms with Crippen LogP contribution in [0.4, 0.5) is 10.1 Å². The molecule has 0 saturated heterocycles. The van der Waals surface area contributed by atoms with E-state index in [0.717, 1.165) is 44.2 Å². The molecule has 0 amide bonds. The summed E-state index contributed by atoms with van der Waals surface area (Å²) in [6.45, 7) is 7.90. The van der Waals surface area contributed by atoms with E-state index < -0.39 is 0 Å². The summed E-state index contributed by atoms with van der Waals surface area (Å²) in [5.41, 5.74) is 1.89. The zero-order valence-electron chi connectivity index (χ0n) is 17.3. The first-order valence-corrected chi connectivity index (χ1v) is 10.0. The second-order valence-corrected chi connectivity index (χ2v) is 7.33. The van der Waals surface area contributed by atoms with E-state index in [1.807, 2.05) is 30.9 Å². The standard InChI is InChI=1S/C21H35FN4O/c1-5-26(6-2)19-9-8-17(14-18(19)22)15-24-20(23-3)25-16-21(10-7-11-21)12-13-27-4/h8-9,14H,5-7,10-13,15-16H2,1-4H3,(H2,23,24,25). The molecule has 0 radical (unpaired) electrons. The Morgan fingerprint density at radius 3 is 2.52 bits per heavy atom. The van der Waals surface area contributed by atoms with Gasteiger partial charge in [0.2, 0.25) is 0 Å². The molecule has 1 saturated carbocycles. The van der Waals surface area contributed by atoms with Crippen LogP contribution in [0.5, 0.6) is 0 Å². The SMILES string of the molecule is CCN(CC)c1ccc(CNC(=NC)NCC2(CCOC)CCC2)cc1F. The Bertz CT molecular complexity index is 612. The van der Waals surface area contributed by atoms with E-state index in [1.165, 1.54) is 19.3 Å². The van der Waals surface area contributed by atoms with E-state index >= 15 is 0 Å². The van der Waals surface area contributed by atoms with E-state index in [0.29, 0.717) is 17.6 Å². The van der Waals surface area contributed by atoms with Crippen LogP contribution in [0, 0.1) is 11.2 Å². The van der Waals surface area contributed by atoms with Crippen LogP contribution in [-0.2, 0) is 11.3 Å². The number of methoxy groups -OCH3 is 1. The average Bonchev–Trinajstić information content (AvgIpc) is 2.65. The Morgan fingerprint density at radius 1 is 1.26 bits per heavy atom. The quantitative estimate of drug-likeness (QED) is 0.483. The molecule has 0 unspecified atom stereocenters. The third-order valence-electron chi connectivity index (χ3n) is 5.68. The molecule has 5 nitrogen and oxygen atoms in total. The van der Waals surface area contributed by atoms with Gasteiger partial charge in [-0.2, -0.15) is 0 Å². The number of ether oxygens (including phenoxy) is 1. The van der Waals surface area contributed by atoms with E-state index in [4.69, 9.17) is 4.74 Å². The minimum atomic E-state index is -0.172. The van der Waals surface area contributed by atoms with Crippen LogP contribution in [0.25, 0.3) is 0 Å². The second kappa shape index (κ2) is 10.5. The van der Waals surface area contributed by atoms with E-state index in [1.54, 1.807) is 20.2 Å².